The highest BCUT2D eigenvalue weighted by molar-refractivity contribution is 7.12. The van der Waals surface area contributed by atoms with Crippen LogP contribution in [0.25, 0.3) is 0 Å². The first-order chi connectivity index (χ1) is 13.7. The summed E-state index contributed by atoms with van der Waals surface area (Å²) >= 11 is 1.56. The number of hydrogen-bond acceptors (Lipinski definition) is 6. The van der Waals surface area contributed by atoms with Gasteiger partial charge in [0.05, 0.1) is 16.8 Å². The minimum Gasteiger partial charge on any atom is -0.385 e. The number of rotatable bonds is 8. The molecule has 0 aliphatic carbocycles. The topological polar surface area (TPSA) is 75.1 Å². The molecule has 1 aromatic heterocycles. The van der Waals surface area contributed by atoms with Crippen molar-refractivity contribution in [1.29, 1.82) is 0 Å². The Morgan fingerprint density at radius 3 is 2.64 bits per heavy atom. The Labute approximate surface area is 167 Å². The van der Waals surface area contributed by atoms with E-state index in [0.717, 1.165) is 27.5 Å². The molecule has 28 heavy (non-hydrogen) atoms. The van der Waals surface area contributed by atoms with E-state index >= 15 is 0 Å². The molecule has 3 aromatic rings. The van der Waals surface area contributed by atoms with E-state index in [1.807, 2.05) is 79.0 Å². The highest BCUT2D eigenvalue weighted by Crippen LogP contribution is 2.19. The number of hydrogen-bond donors (Lipinski definition) is 2. The molecule has 1 heterocycles. The van der Waals surface area contributed by atoms with Gasteiger partial charge in [0.2, 0.25) is 0 Å². The number of nitrogens with zero attached hydrogens (tertiary/aromatic N) is 2. The molecule has 0 aliphatic heterocycles. The quantitative estimate of drug-likeness (QED) is 0.441. The summed E-state index contributed by atoms with van der Waals surface area (Å²) in [7, 11) is 0. The summed E-state index contributed by atoms with van der Waals surface area (Å²) in [4.78, 5) is 17.9. The standard InChI is InChI=1S/C21H20N4O2S/c1-16(20-12-7-13-28-20)25-27-15-21(26)24-22-14-17-8-5-6-11-19(17)23-18-9-3-2-4-10-18/h2-14,23H,15H2,1H3,(H,24,26). The molecular weight excluding hydrogens is 372 g/mol. The van der Waals surface area contributed by atoms with Crippen molar-refractivity contribution in [3.05, 3.63) is 82.6 Å². The van der Waals surface area contributed by atoms with Crippen molar-refractivity contribution in [2.75, 3.05) is 11.9 Å². The molecule has 0 unspecified atom stereocenters. The van der Waals surface area contributed by atoms with Crippen LogP contribution in [-0.2, 0) is 9.63 Å². The fourth-order valence-electron chi connectivity index (χ4n) is 2.32. The predicted octanol–water partition coefficient (Wildman–Crippen LogP) is 4.38. The van der Waals surface area contributed by atoms with Gasteiger partial charge in [0.15, 0.2) is 6.61 Å². The van der Waals surface area contributed by atoms with E-state index in [-0.39, 0.29) is 12.5 Å². The summed E-state index contributed by atoms with van der Waals surface area (Å²) in [5.41, 5.74) is 5.88. The Morgan fingerprint density at radius 2 is 1.86 bits per heavy atom. The number of benzene rings is 2. The van der Waals surface area contributed by atoms with Crippen molar-refractivity contribution >= 4 is 40.5 Å². The molecule has 2 aromatic carbocycles. The highest BCUT2D eigenvalue weighted by Gasteiger charge is 2.03. The van der Waals surface area contributed by atoms with Gasteiger partial charge in [0.1, 0.15) is 0 Å². The van der Waals surface area contributed by atoms with E-state index in [1.165, 1.54) is 0 Å². The molecule has 0 spiro atoms. The molecule has 0 bridgehead atoms. The van der Waals surface area contributed by atoms with Crippen molar-refractivity contribution in [2.45, 2.75) is 6.92 Å². The van der Waals surface area contributed by atoms with Gasteiger partial charge in [-0.3, -0.25) is 4.79 Å². The molecular formula is C21H20N4O2S. The van der Waals surface area contributed by atoms with Gasteiger partial charge < -0.3 is 10.2 Å². The molecule has 7 heteroatoms. The zero-order valence-corrected chi connectivity index (χ0v) is 16.1. The number of anilines is 2. The van der Waals surface area contributed by atoms with E-state index < -0.39 is 0 Å². The van der Waals surface area contributed by atoms with Gasteiger partial charge in [-0.1, -0.05) is 47.6 Å². The number of nitrogens with one attached hydrogen (secondary N) is 2. The summed E-state index contributed by atoms with van der Waals surface area (Å²) in [5.74, 6) is -0.382. The summed E-state index contributed by atoms with van der Waals surface area (Å²) in [6.07, 6.45) is 1.59. The number of hydrazone groups is 1. The third kappa shape index (κ3) is 5.78. The van der Waals surface area contributed by atoms with Crippen molar-refractivity contribution in [3.63, 3.8) is 0 Å². The fourth-order valence-corrected chi connectivity index (χ4v) is 2.99. The Hall–Kier alpha value is -3.45. The first-order valence-electron chi connectivity index (χ1n) is 8.66. The number of para-hydroxylation sites is 2. The number of oxime groups is 1. The van der Waals surface area contributed by atoms with E-state index in [9.17, 15) is 4.79 Å². The SMILES string of the molecule is CC(=NOCC(=O)NN=Cc1ccccc1Nc1ccccc1)c1cccs1. The first kappa shape index (κ1) is 19.3. The molecule has 0 saturated carbocycles. The van der Waals surface area contributed by atoms with Crippen LogP contribution in [0.3, 0.4) is 0 Å². The summed E-state index contributed by atoms with van der Waals surface area (Å²) in [5, 5.41) is 13.2. The minimum absolute atomic E-state index is 0.204. The average Bonchev–Trinajstić information content (AvgIpc) is 3.25. The summed E-state index contributed by atoms with van der Waals surface area (Å²) in [6, 6.07) is 21.4. The Kier molecular flexibility index (Phi) is 6.92. The van der Waals surface area contributed by atoms with Crippen LogP contribution in [0.15, 0.2) is 82.4 Å². The van der Waals surface area contributed by atoms with Gasteiger partial charge in [-0.15, -0.1) is 11.3 Å². The Balaban J connectivity index is 1.52. The Bertz CT molecular complexity index is 954. The zero-order chi connectivity index (χ0) is 19.6. The first-order valence-corrected chi connectivity index (χ1v) is 9.54. The molecule has 1 amide bonds. The maximum absolute atomic E-state index is 11.8. The van der Waals surface area contributed by atoms with Crippen LogP contribution < -0.4 is 10.7 Å². The van der Waals surface area contributed by atoms with Crippen LogP contribution in [0.1, 0.15) is 17.4 Å². The molecule has 142 valence electrons. The lowest BCUT2D eigenvalue weighted by Crippen LogP contribution is -2.22. The second-order valence-corrected chi connectivity index (χ2v) is 6.75. The van der Waals surface area contributed by atoms with Gasteiger partial charge in [0.25, 0.3) is 5.91 Å². The van der Waals surface area contributed by atoms with Crippen molar-refractivity contribution in [3.8, 4) is 0 Å². The third-order valence-corrected chi connectivity index (χ3v) is 4.66. The van der Waals surface area contributed by atoms with Crippen LogP contribution in [0, 0.1) is 0 Å². The van der Waals surface area contributed by atoms with Gasteiger partial charge in [0, 0.05) is 16.9 Å². The van der Waals surface area contributed by atoms with Crippen LogP contribution >= 0.6 is 11.3 Å². The van der Waals surface area contributed by atoms with Gasteiger partial charge in [-0.25, -0.2) is 5.43 Å². The number of thiophene rings is 1. The second kappa shape index (κ2) is 10.0. The van der Waals surface area contributed by atoms with E-state index in [4.69, 9.17) is 4.84 Å². The normalized spacial score (nSPS) is 11.4. The van der Waals surface area contributed by atoms with Crippen LogP contribution in [0.5, 0.6) is 0 Å². The molecule has 0 saturated heterocycles. The molecule has 0 atom stereocenters. The molecule has 6 nitrogen and oxygen atoms in total. The monoisotopic (exact) mass is 392 g/mol. The lowest BCUT2D eigenvalue weighted by atomic mass is 10.2. The van der Waals surface area contributed by atoms with Crippen LogP contribution in [-0.4, -0.2) is 24.4 Å². The number of amides is 1. The number of carbonyl (C=O) groups excluding carboxylic acids is 1. The smallest absolute Gasteiger partial charge is 0.280 e. The largest absolute Gasteiger partial charge is 0.385 e. The minimum atomic E-state index is -0.382. The predicted molar refractivity (Wildman–Crippen MR) is 114 cm³/mol. The molecule has 2 N–H and O–H groups in total. The molecule has 0 aliphatic rings. The van der Waals surface area contributed by atoms with Crippen LogP contribution in [0.4, 0.5) is 11.4 Å². The van der Waals surface area contributed by atoms with E-state index in [2.05, 4.69) is 21.0 Å². The Morgan fingerprint density at radius 1 is 1.07 bits per heavy atom. The molecule has 0 radical (unpaired) electrons. The maximum atomic E-state index is 11.8. The summed E-state index contributed by atoms with van der Waals surface area (Å²) < 4.78 is 0. The second-order valence-electron chi connectivity index (χ2n) is 5.80. The summed E-state index contributed by atoms with van der Waals surface area (Å²) in [6.45, 7) is 1.63. The van der Waals surface area contributed by atoms with Crippen molar-refractivity contribution in [1.82, 2.24) is 5.43 Å². The fraction of sp³-hybridized carbons (Fsp3) is 0.0952. The van der Waals surface area contributed by atoms with Gasteiger partial charge in [-0.05, 0) is 36.6 Å². The van der Waals surface area contributed by atoms with E-state index in [0.29, 0.717) is 0 Å². The maximum Gasteiger partial charge on any atom is 0.280 e. The zero-order valence-electron chi connectivity index (χ0n) is 15.3. The van der Waals surface area contributed by atoms with Gasteiger partial charge >= 0.3 is 0 Å². The highest BCUT2D eigenvalue weighted by atomic mass is 32.1. The van der Waals surface area contributed by atoms with Crippen molar-refractivity contribution < 1.29 is 9.63 Å². The van der Waals surface area contributed by atoms with Crippen LogP contribution in [0.2, 0.25) is 0 Å². The van der Waals surface area contributed by atoms with E-state index in [1.54, 1.807) is 17.6 Å². The lowest BCUT2D eigenvalue weighted by Gasteiger charge is -2.09. The molecule has 0 fully saturated rings. The average molecular weight is 392 g/mol. The van der Waals surface area contributed by atoms with Gasteiger partial charge in [-0.2, -0.15) is 5.10 Å². The van der Waals surface area contributed by atoms with Crippen molar-refractivity contribution in [2.24, 2.45) is 10.3 Å². The third-order valence-electron chi connectivity index (χ3n) is 3.68. The lowest BCUT2D eigenvalue weighted by molar-refractivity contribution is -0.125. The number of carbonyl (C=O) groups is 1. The molecule has 3 rings (SSSR count).